The van der Waals surface area contributed by atoms with Crippen LogP contribution in [0, 0.1) is 12.8 Å². The van der Waals surface area contributed by atoms with E-state index in [2.05, 4.69) is 15.3 Å². The van der Waals surface area contributed by atoms with Gasteiger partial charge in [0.15, 0.2) is 11.5 Å². The third kappa shape index (κ3) is 5.39. The third-order valence-electron chi connectivity index (χ3n) is 6.06. The number of nitrogens with one attached hydrogen (secondary N) is 1. The predicted molar refractivity (Wildman–Crippen MR) is 129 cm³/mol. The van der Waals surface area contributed by atoms with Gasteiger partial charge in [0.25, 0.3) is 5.56 Å². The molecule has 1 saturated heterocycles. The molecule has 1 amide bonds. The van der Waals surface area contributed by atoms with Gasteiger partial charge in [0.2, 0.25) is 5.91 Å². The van der Waals surface area contributed by atoms with E-state index in [-0.39, 0.29) is 17.4 Å². The zero-order chi connectivity index (χ0) is 23.2. The molecule has 174 valence electrons. The molecule has 0 unspecified atom stereocenters. The Morgan fingerprint density at radius 3 is 2.85 bits per heavy atom. The first-order valence-electron chi connectivity index (χ1n) is 11.5. The standard InChI is InChI=1S/C25H31N5O3/c1-18-8-10-19(11-9-18)16-30-22-21(7-3-12-26-22)28-23(25(30)32)29-14-4-6-20(17-29)24(31)27-13-5-15-33-2/h3,7-12,20H,4-6,13-17H2,1-2H3,(H,27,31)/t20-/m1/s1. The van der Waals surface area contributed by atoms with E-state index in [0.717, 1.165) is 24.8 Å². The quantitative estimate of drug-likeness (QED) is 0.532. The second-order valence-electron chi connectivity index (χ2n) is 8.58. The number of nitrogens with zero attached hydrogens (tertiary/aromatic N) is 4. The molecule has 1 fully saturated rings. The Kier molecular flexibility index (Phi) is 7.34. The van der Waals surface area contributed by atoms with Crippen LogP contribution in [-0.2, 0) is 16.1 Å². The second kappa shape index (κ2) is 10.6. The number of hydrogen-bond donors (Lipinski definition) is 1. The first-order chi connectivity index (χ1) is 16.1. The first kappa shape index (κ1) is 22.9. The Hall–Kier alpha value is -3.26. The summed E-state index contributed by atoms with van der Waals surface area (Å²) in [6.07, 6.45) is 4.10. The normalized spacial score (nSPS) is 16.2. The van der Waals surface area contributed by atoms with Crippen LogP contribution in [0.2, 0.25) is 0 Å². The molecule has 3 heterocycles. The van der Waals surface area contributed by atoms with Crippen molar-refractivity contribution in [3.63, 3.8) is 0 Å². The molecule has 2 aromatic heterocycles. The molecule has 0 bridgehead atoms. The van der Waals surface area contributed by atoms with Crippen LogP contribution in [0.25, 0.3) is 11.2 Å². The average Bonchev–Trinajstić information content (AvgIpc) is 2.84. The van der Waals surface area contributed by atoms with Crippen LogP contribution in [0.15, 0.2) is 47.4 Å². The fraction of sp³-hybridized carbons (Fsp3) is 0.440. The lowest BCUT2D eigenvalue weighted by Gasteiger charge is -2.32. The maximum atomic E-state index is 13.6. The number of rotatable bonds is 8. The van der Waals surface area contributed by atoms with Crippen LogP contribution < -0.4 is 15.8 Å². The molecule has 0 saturated carbocycles. The molecular formula is C25H31N5O3. The van der Waals surface area contributed by atoms with Crippen molar-refractivity contribution in [3.8, 4) is 0 Å². The molecule has 8 nitrogen and oxygen atoms in total. The smallest absolute Gasteiger partial charge is 0.295 e. The van der Waals surface area contributed by atoms with Gasteiger partial charge in [-0.2, -0.15) is 0 Å². The van der Waals surface area contributed by atoms with Gasteiger partial charge in [0, 0.05) is 39.5 Å². The SMILES string of the molecule is COCCCNC(=O)[C@@H]1CCCN(c2nc3cccnc3n(Cc3ccc(C)cc3)c2=O)C1. The number of ether oxygens (including phenoxy) is 1. The van der Waals surface area contributed by atoms with Crippen LogP contribution in [-0.4, -0.2) is 53.8 Å². The van der Waals surface area contributed by atoms with Crippen molar-refractivity contribution in [1.82, 2.24) is 19.9 Å². The third-order valence-corrected chi connectivity index (χ3v) is 6.06. The van der Waals surface area contributed by atoms with Crippen molar-refractivity contribution in [1.29, 1.82) is 0 Å². The number of aryl methyl sites for hydroxylation is 1. The summed E-state index contributed by atoms with van der Waals surface area (Å²) in [6.45, 7) is 4.84. The number of methoxy groups -OCH3 is 1. The van der Waals surface area contributed by atoms with Crippen LogP contribution in [0.3, 0.4) is 0 Å². The largest absolute Gasteiger partial charge is 0.385 e. The zero-order valence-electron chi connectivity index (χ0n) is 19.3. The molecule has 1 aliphatic rings. The summed E-state index contributed by atoms with van der Waals surface area (Å²) in [5.41, 5.74) is 3.26. The molecule has 4 rings (SSSR count). The van der Waals surface area contributed by atoms with Gasteiger partial charge in [0.05, 0.1) is 12.5 Å². The van der Waals surface area contributed by atoms with Crippen LogP contribution in [0.4, 0.5) is 5.82 Å². The number of piperidine rings is 1. The van der Waals surface area contributed by atoms with E-state index >= 15 is 0 Å². The second-order valence-corrected chi connectivity index (χ2v) is 8.58. The number of fused-ring (bicyclic) bond motifs is 1. The van der Waals surface area contributed by atoms with Gasteiger partial charge in [-0.3, -0.25) is 14.2 Å². The van der Waals surface area contributed by atoms with Gasteiger partial charge in [-0.15, -0.1) is 0 Å². The lowest BCUT2D eigenvalue weighted by Crippen LogP contribution is -2.46. The zero-order valence-corrected chi connectivity index (χ0v) is 19.3. The minimum absolute atomic E-state index is 0.0261. The minimum Gasteiger partial charge on any atom is -0.385 e. The summed E-state index contributed by atoms with van der Waals surface area (Å²) in [4.78, 5) is 37.3. The molecule has 1 aliphatic heterocycles. The summed E-state index contributed by atoms with van der Waals surface area (Å²) >= 11 is 0. The molecule has 3 aromatic rings. The van der Waals surface area contributed by atoms with E-state index in [0.29, 0.717) is 49.8 Å². The lowest BCUT2D eigenvalue weighted by molar-refractivity contribution is -0.125. The summed E-state index contributed by atoms with van der Waals surface area (Å²) < 4.78 is 6.73. The monoisotopic (exact) mass is 449 g/mol. The fourth-order valence-electron chi connectivity index (χ4n) is 4.25. The number of pyridine rings is 1. The Bertz CT molecular complexity index is 1160. The molecule has 0 radical (unpaired) electrons. The van der Waals surface area contributed by atoms with Crippen LogP contribution >= 0.6 is 0 Å². The van der Waals surface area contributed by atoms with Crippen molar-refractivity contribution in [3.05, 3.63) is 64.1 Å². The van der Waals surface area contributed by atoms with Crippen molar-refractivity contribution in [2.24, 2.45) is 5.92 Å². The fourth-order valence-corrected chi connectivity index (χ4v) is 4.25. The Balaban J connectivity index is 1.61. The number of carbonyl (C=O) groups is 1. The summed E-state index contributed by atoms with van der Waals surface area (Å²) in [5, 5.41) is 2.99. The van der Waals surface area contributed by atoms with E-state index < -0.39 is 0 Å². The van der Waals surface area contributed by atoms with Crippen molar-refractivity contribution < 1.29 is 9.53 Å². The maximum Gasteiger partial charge on any atom is 0.295 e. The topological polar surface area (TPSA) is 89.3 Å². The highest BCUT2D eigenvalue weighted by atomic mass is 16.5. The molecule has 0 spiro atoms. The molecule has 1 aromatic carbocycles. The van der Waals surface area contributed by atoms with Gasteiger partial charge in [0.1, 0.15) is 5.52 Å². The summed E-state index contributed by atoms with van der Waals surface area (Å²) in [7, 11) is 1.65. The van der Waals surface area contributed by atoms with Gasteiger partial charge in [-0.05, 0) is 43.9 Å². The first-order valence-corrected chi connectivity index (χ1v) is 11.5. The van der Waals surface area contributed by atoms with E-state index in [1.54, 1.807) is 17.9 Å². The van der Waals surface area contributed by atoms with E-state index in [9.17, 15) is 9.59 Å². The Morgan fingerprint density at radius 1 is 1.24 bits per heavy atom. The lowest BCUT2D eigenvalue weighted by atomic mass is 9.97. The van der Waals surface area contributed by atoms with Crippen molar-refractivity contribution in [2.45, 2.75) is 32.7 Å². The number of carbonyl (C=O) groups excluding carboxylic acids is 1. The number of benzene rings is 1. The molecule has 33 heavy (non-hydrogen) atoms. The highest BCUT2D eigenvalue weighted by Crippen LogP contribution is 2.22. The number of aromatic nitrogens is 3. The van der Waals surface area contributed by atoms with Crippen LogP contribution in [0.1, 0.15) is 30.4 Å². The van der Waals surface area contributed by atoms with E-state index in [4.69, 9.17) is 4.74 Å². The van der Waals surface area contributed by atoms with Crippen LogP contribution in [0.5, 0.6) is 0 Å². The van der Waals surface area contributed by atoms with Crippen molar-refractivity contribution in [2.75, 3.05) is 38.3 Å². The molecule has 1 N–H and O–H groups in total. The predicted octanol–water partition coefficient (Wildman–Crippen LogP) is 2.52. The average molecular weight is 450 g/mol. The summed E-state index contributed by atoms with van der Waals surface area (Å²) in [6, 6.07) is 11.8. The van der Waals surface area contributed by atoms with E-state index in [1.165, 1.54) is 5.56 Å². The van der Waals surface area contributed by atoms with Gasteiger partial charge >= 0.3 is 0 Å². The molecular weight excluding hydrogens is 418 g/mol. The van der Waals surface area contributed by atoms with Crippen molar-refractivity contribution >= 4 is 22.9 Å². The number of amides is 1. The number of anilines is 1. The van der Waals surface area contributed by atoms with Gasteiger partial charge in [-0.1, -0.05) is 29.8 Å². The molecule has 1 atom stereocenters. The van der Waals surface area contributed by atoms with Gasteiger partial charge in [-0.25, -0.2) is 9.97 Å². The maximum absolute atomic E-state index is 13.6. The Labute approximate surface area is 193 Å². The highest BCUT2D eigenvalue weighted by Gasteiger charge is 2.28. The number of hydrogen-bond acceptors (Lipinski definition) is 6. The van der Waals surface area contributed by atoms with E-state index in [1.807, 2.05) is 48.2 Å². The minimum atomic E-state index is -0.178. The Morgan fingerprint density at radius 2 is 2.06 bits per heavy atom. The highest BCUT2D eigenvalue weighted by molar-refractivity contribution is 5.79. The summed E-state index contributed by atoms with van der Waals surface area (Å²) in [5.74, 6) is 0.246. The molecule has 8 heteroatoms. The molecule has 0 aliphatic carbocycles. The van der Waals surface area contributed by atoms with Gasteiger partial charge < -0.3 is 15.0 Å².